The molecule has 6 nitrogen and oxygen atoms in total. The maximum atomic E-state index is 11.8. The lowest BCUT2D eigenvalue weighted by molar-refractivity contribution is -0.142. The van der Waals surface area contributed by atoms with Gasteiger partial charge in [0.15, 0.2) is 5.69 Å². The van der Waals surface area contributed by atoms with Gasteiger partial charge in [0.2, 0.25) is 0 Å². The Hall–Kier alpha value is -2.50. The van der Waals surface area contributed by atoms with Crippen LogP contribution in [0, 0.1) is 13.8 Å². The van der Waals surface area contributed by atoms with E-state index >= 15 is 0 Å². The molecule has 0 saturated carbocycles. The molecule has 1 aromatic heterocycles. The number of fused-ring (bicyclic) bond motifs is 1. The van der Waals surface area contributed by atoms with Crippen LogP contribution in [0.5, 0.6) is 0 Å². The van der Waals surface area contributed by atoms with Crippen LogP contribution in [0.15, 0.2) is 12.1 Å². The van der Waals surface area contributed by atoms with Gasteiger partial charge in [0.05, 0.1) is 7.11 Å². The molecule has 0 aliphatic carbocycles. The summed E-state index contributed by atoms with van der Waals surface area (Å²) in [5.74, 6) is -0.940. The second-order valence-corrected chi connectivity index (χ2v) is 4.77. The van der Waals surface area contributed by atoms with Crippen LogP contribution < -0.4 is 0 Å². The smallest absolute Gasteiger partial charge is 0.359 e. The van der Waals surface area contributed by atoms with E-state index in [0.717, 1.165) is 16.5 Å². The van der Waals surface area contributed by atoms with Gasteiger partial charge in [-0.1, -0.05) is 11.6 Å². The van der Waals surface area contributed by atoms with Crippen molar-refractivity contribution < 1.29 is 19.1 Å². The van der Waals surface area contributed by atoms with Crippen LogP contribution in [0.1, 0.15) is 34.2 Å². The van der Waals surface area contributed by atoms with Crippen LogP contribution in [-0.4, -0.2) is 29.2 Å². The highest BCUT2D eigenvalue weighted by molar-refractivity contribution is 6.04. The topological polar surface area (TPSA) is 78.4 Å². The van der Waals surface area contributed by atoms with Crippen molar-refractivity contribution in [1.29, 1.82) is 0 Å². The number of aromatic nitrogens is 2. The molecule has 0 atom stereocenters. The van der Waals surface area contributed by atoms with Crippen LogP contribution in [0.4, 0.5) is 0 Å². The Morgan fingerprint density at radius 1 is 1.19 bits per heavy atom. The van der Waals surface area contributed by atoms with Gasteiger partial charge in [-0.3, -0.25) is 4.79 Å². The lowest BCUT2D eigenvalue weighted by Crippen LogP contribution is -2.11. The summed E-state index contributed by atoms with van der Waals surface area (Å²) >= 11 is 0. The molecule has 21 heavy (non-hydrogen) atoms. The molecule has 2 aromatic rings. The summed E-state index contributed by atoms with van der Waals surface area (Å²) in [6.07, 6.45) is 0. The predicted molar refractivity (Wildman–Crippen MR) is 75.8 cm³/mol. The van der Waals surface area contributed by atoms with Gasteiger partial charge in [-0.05, 0) is 25.5 Å². The normalized spacial score (nSPS) is 10.5. The molecule has 0 radical (unpaired) electrons. The van der Waals surface area contributed by atoms with Gasteiger partial charge in [-0.15, -0.1) is 5.10 Å². The van der Waals surface area contributed by atoms with Crippen molar-refractivity contribution in [2.24, 2.45) is 0 Å². The van der Waals surface area contributed by atoms with Gasteiger partial charge in [0.25, 0.3) is 0 Å². The molecule has 0 bridgehead atoms. The average Bonchev–Trinajstić information content (AvgIpc) is 2.43. The van der Waals surface area contributed by atoms with Crippen molar-refractivity contribution in [1.82, 2.24) is 10.2 Å². The average molecular weight is 288 g/mol. The molecular formula is C15H16N2O4. The SMILES string of the molecule is COC(=O)c1nnc(COC(C)=O)c2cc(C)cc(C)c12. The summed E-state index contributed by atoms with van der Waals surface area (Å²) in [6, 6.07) is 3.84. The standard InChI is InChI=1S/C15H16N2O4/c1-8-5-9(2)13-11(6-8)12(7-21-10(3)18)16-17-14(13)15(19)20-4/h5-6H,7H2,1-4H3. The van der Waals surface area contributed by atoms with Crippen LogP contribution in [0.3, 0.4) is 0 Å². The highest BCUT2D eigenvalue weighted by Gasteiger charge is 2.18. The van der Waals surface area contributed by atoms with Crippen LogP contribution in [-0.2, 0) is 20.9 Å². The van der Waals surface area contributed by atoms with E-state index in [4.69, 9.17) is 9.47 Å². The Bertz CT molecular complexity index is 725. The van der Waals surface area contributed by atoms with Crippen molar-refractivity contribution in [3.8, 4) is 0 Å². The fraction of sp³-hybridized carbons (Fsp3) is 0.333. The summed E-state index contributed by atoms with van der Waals surface area (Å²) in [4.78, 5) is 22.8. The van der Waals surface area contributed by atoms with E-state index < -0.39 is 11.9 Å². The molecule has 0 aliphatic rings. The minimum Gasteiger partial charge on any atom is -0.464 e. The van der Waals surface area contributed by atoms with E-state index in [1.165, 1.54) is 14.0 Å². The van der Waals surface area contributed by atoms with Gasteiger partial charge in [-0.2, -0.15) is 5.10 Å². The Morgan fingerprint density at radius 3 is 2.52 bits per heavy atom. The molecule has 0 amide bonds. The number of hydrogen-bond donors (Lipinski definition) is 0. The van der Waals surface area contributed by atoms with Crippen LogP contribution >= 0.6 is 0 Å². The zero-order chi connectivity index (χ0) is 15.6. The number of methoxy groups -OCH3 is 1. The summed E-state index contributed by atoms with van der Waals surface area (Å²) in [7, 11) is 1.30. The van der Waals surface area contributed by atoms with Crippen molar-refractivity contribution in [3.63, 3.8) is 0 Å². The third kappa shape index (κ3) is 2.99. The van der Waals surface area contributed by atoms with E-state index in [1.54, 1.807) is 0 Å². The molecule has 0 spiro atoms. The maximum Gasteiger partial charge on any atom is 0.359 e. The second-order valence-electron chi connectivity index (χ2n) is 4.77. The first-order chi connectivity index (χ1) is 9.93. The molecule has 110 valence electrons. The number of aryl methyl sites for hydroxylation is 2. The number of carbonyl (C=O) groups is 2. The third-order valence-electron chi connectivity index (χ3n) is 3.09. The highest BCUT2D eigenvalue weighted by atomic mass is 16.5. The molecule has 0 saturated heterocycles. The molecule has 1 heterocycles. The lowest BCUT2D eigenvalue weighted by atomic mass is 10.0. The summed E-state index contributed by atoms with van der Waals surface area (Å²) in [5.41, 5.74) is 2.59. The third-order valence-corrected chi connectivity index (χ3v) is 3.09. The number of benzene rings is 1. The predicted octanol–water partition coefficient (Wildman–Crippen LogP) is 2.10. The first kappa shape index (κ1) is 14.9. The molecule has 0 fully saturated rings. The minimum absolute atomic E-state index is 0.0170. The Kier molecular flexibility index (Phi) is 4.16. The van der Waals surface area contributed by atoms with Crippen molar-refractivity contribution >= 4 is 22.7 Å². The number of hydrogen-bond acceptors (Lipinski definition) is 6. The number of rotatable bonds is 3. The maximum absolute atomic E-state index is 11.8. The number of esters is 2. The van der Waals surface area contributed by atoms with Gasteiger partial charge in [-0.25, -0.2) is 4.79 Å². The van der Waals surface area contributed by atoms with E-state index in [1.807, 2.05) is 26.0 Å². The van der Waals surface area contributed by atoms with Crippen molar-refractivity contribution in [2.45, 2.75) is 27.4 Å². The first-order valence-electron chi connectivity index (χ1n) is 6.42. The Morgan fingerprint density at radius 2 is 1.90 bits per heavy atom. The molecule has 6 heteroatoms. The van der Waals surface area contributed by atoms with Crippen LogP contribution in [0.25, 0.3) is 10.8 Å². The molecular weight excluding hydrogens is 272 g/mol. The van der Waals surface area contributed by atoms with E-state index in [0.29, 0.717) is 11.1 Å². The summed E-state index contributed by atoms with van der Waals surface area (Å²) in [6.45, 7) is 5.18. The molecule has 0 unspecified atom stereocenters. The second kappa shape index (κ2) is 5.87. The summed E-state index contributed by atoms with van der Waals surface area (Å²) < 4.78 is 9.73. The van der Waals surface area contributed by atoms with E-state index in [9.17, 15) is 9.59 Å². The quantitative estimate of drug-likeness (QED) is 0.805. The minimum atomic E-state index is -0.543. The van der Waals surface area contributed by atoms with Crippen molar-refractivity contribution in [3.05, 3.63) is 34.6 Å². The molecule has 0 aliphatic heterocycles. The van der Waals surface area contributed by atoms with E-state index in [-0.39, 0.29) is 12.3 Å². The van der Waals surface area contributed by atoms with Gasteiger partial charge < -0.3 is 9.47 Å². The van der Waals surface area contributed by atoms with Gasteiger partial charge in [0, 0.05) is 17.7 Å². The monoisotopic (exact) mass is 288 g/mol. The number of nitrogens with zero attached hydrogens (tertiary/aromatic N) is 2. The lowest BCUT2D eigenvalue weighted by Gasteiger charge is -2.11. The van der Waals surface area contributed by atoms with Gasteiger partial charge >= 0.3 is 11.9 Å². The largest absolute Gasteiger partial charge is 0.464 e. The Balaban J connectivity index is 2.68. The van der Waals surface area contributed by atoms with Crippen LogP contribution in [0.2, 0.25) is 0 Å². The fourth-order valence-corrected chi connectivity index (χ4v) is 2.24. The first-order valence-corrected chi connectivity index (χ1v) is 6.42. The Labute approximate surface area is 122 Å². The molecule has 0 N–H and O–H groups in total. The zero-order valence-electron chi connectivity index (χ0n) is 12.4. The fourth-order valence-electron chi connectivity index (χ4n) is 2.24. The zero-order valence-corrected chi connectivity index (χ0v) is 12.4. The number of carbonyl (C=O) groups excluding carboxylic acids is 2. The molecule has 2 rings (SSSR count). The van der Waals surface area contributed by atoms with Gasteiger partial charge in [0.1, 0.15) is 12.3 Å². The number of ether oxygens (including phenoxy) is 2. The summed E-state index contributed by atoms with van der Waals surface area (Å²) in [5, 5.41) is 9.34. The van der Waals surface area contributed by atoms with E-state index in [2.05, 4.69) is 10.2 Å². The van der Waals surface area contributed by atoms with Crippen molar-refractivity contribution in [2.75, 3.05) is 7.11 Å². The highest BCUT2D eigenvalue weighted by Crippen LogP contribution is 2.26. The molecule has 1 aromatic carbocycles.